The van der Waals surface area contributed by atoms with Crippen LogP contribution in [0.25, 0.3) is 0 Å². The molecule has 0 spiro atoms. The number of aromatic nitrogens is 2. The second-order valence-electron chi connectivity index (χ2n) is 10.0. The zero-order valence-electron chi connectivity index (χ0n) is 22.8. The van der Waals surface area contributed by atoms with E-state index in [9.17, 15) is 18.4 Å². The highest BCUT2D eigenvalue weighted by atomic mass is 35.5. The first-order valence-corrected chi connectivity index (χ1v) is 15.3. The molecule has 5 rings (SSSR count). The fraction of sp³-hybridized carbons (Fsp3) is 0.379. The number of nitrogens with two attached hydrogens (primary N) is 1. The average Bonchev–Trinajstić information content (AvgIpc) is 3.70. The van der Waals surface area contributed by atoms with Crippen molar-refractivity contribution in [3.05, 3.63) is 81.4 Å². The highest BCUT2D eigenvalue weighted by Crippen LogP contribution is 2.38. The summed E-state index contributed by atoms with van der Waals surface area (Å²) in [5, 5.41) is -0.433. The Morgan fingerprint density at radius 2 is 1.88 bits per heavy atom. The second-order valence-corrected chi connectivity index (χ2v) is 12.0. The standard InChI is InChI=1S/C29H28Cl2F2N4O5S/c30-20-13-35-14-21(31)19(20)11-24(18-3-4-23(42-29(32)33)25(10-18)40-15-16-1-2-16)41-28(39)27-37(7-8-43-27)26(38)22-9-17(12-34)5-6-36-22/h3-6,9-10,13-14,16,24,27,29H,1-2,7-8,11-12,15,34H2/t24-,27-/m0/s1. The fourth-order valence-electron chi connectivity index (χ4n) is 4.51. The maximum Gasteiger partial charge on any atom is 0.387 e. The summed E-state index contributed by atoms with van der Waals surface area (Å²) in [5.74, 6) is -0.300. The van der Waals surface area contributed by atoms with E-state index in [1.54, 1.807) is 12.1 Å². The van der Waals surface area contributed by atoms with Gasteiger partial charge in [-0.15, -0.1) is 11.8 Å². The van der Waals surface area contributed by atoms with Gasteiger partial charge in [-0.1, -0.05) is 29.3 Å². The molecule has 0 radical (unpaired) electrons. The van der Waals surface area contributed by atoms with Crippen LogP contribution in [0.3, 0.4) is 0 Å². The lowest BCUT2D eigenvalue weighted by Crippen LogP contribution is -2.41. The topological polar surface area (TPSA) is 117 Å². The van der Waals surface area contributed by atoms with Gasteiger partial charge in [-0.25, -0.2) is 4.79 Å². The Kier molecular flexibility index (Phi) is 10.2. The van der Waals surface area contributed by atoms with Crippen molar-refractivity contribution < 1.29 is 32.6 Å². The molecule has 9 nitrogen and oxygen atoms in total. The predicted octanol–water partition coefficient (Wildman–Crippen LogP) is 5.67. The molecular weight excluding hydrogens is 625 g/mol. The number of benzene rings is 1. The lowest BCUT2D eigenvalue weighted by molar-refractivity contribution is -0.151. The van der Waals surface area contributed by atoms with Crippen LogP contribution < -0.4 is 15.2 Å². The van der Waals surface area contributed by atoms with Crippen molar-refractivity contribution in [3.8, 4) is 11.5 Å². The highest BCUT2D eigenvalue weighted by Gasteiger charge is 2.38. The summed E-state index contributed by atoms with van der Waals surface area (Å²) in [4.78, 5) is 36.5. The number of carbonyl (C=O) groups is 2. The minimum atomic E-state index is -3.06. The quantitative estimate of drug-likeness (QED) is 0.247. The number of thioether (sulfide) groups is 1. The Morgan fingerprint density at radius 3 is 2.58 bits per heavy atom. The average molecular weight is 654 g/mol. The van der Waals surface area contributed by atoms with Crippen LogP contribution in [0.15, 0.2) is 48.9 Å². The van der Waals surface area contributed by atoms with E-state index in [0.717, 1.165) is 18.4 Å². The summed E-state index contributed by atoms with van der Waals surface area (Å²) in [6.45, 7) is -2.17. The number of nitrogens with zero attached hydrogens (tertiary/aromatic N) is 3. The van der Waals surface area contributed by atoms with Gasteiger partial charge in [0.1, 0.15) is 11.8 Å². The number of carbonyl (C=O) groups excluding carboxylic acids is 2. The molecule has 1 aliphatic heterocycles. The number of hydrogen-bond donors (Lipinski definition) is 1. The number of rotatable bonds is 12. The summed E-state index contributed by atoms with van der Waals surface area (Å²) in [5.41, 5.74) is 7.52. The molecule has 14 heteroatoms. The summed E-state index contributed by atoms with van der Waals surface area (Å²) in [7, 11) is 0. The Balaban J connectivity index is 1.43. The second kappa shape index (κ2) is 14.1. The molecular formula is C29H28Cl2F2N4O5S. The van der Waals surface area contributed by atoms with Crippen LogP contribution in [-0.4, -0.2) is 57.6 Å². The largest absolute Gasteiger partial charge is 0.489 e. The highest BCUT2D eigenvalue weighted by molar-refractivity contribution is 8.00. The number of hydrogen-bond acceptors (Lipinski definition) is 9. The smallest absolute Gasteiger partial charge is 0.387 e. The Bertz CT molecular complexity index is 1460. The third-order valence-electron chi connectivity index (χ3n) is 6.96. The van der Waals surface area contributed by atoms with E-state index in [4.69, 9.17) is 38.4 Å². The van der Waals surface area contributed by atoms with Crippen molar-refractivity contribution in [3.63, 3.8) is 0 Å². The first-order valence-electron chi connectivity index (χ1n) is 13.5. The Hall–Kier alpha value is -3.19. The normalized spacial score (nSPS) is 17.2. The van der Waals surface area contributed by atoms with Crippen LogP contribution in [0.1, 0.15) is 46.1 Å². The lowest BCUT2D eigenvalue weighted by Gasteiger charge is -2.26. The van der Waals surface area contributed by atoms with Crippen LogP contribution in [0.4, 0.5) is 8.78 Å². The van der Waals surface area contributed by atoms with Gasteiger partial charge in [0, 0.05) is 43.9 Å². The Morgan fingerprint density at radius 1 is 1.12 bits per heavy atom. The molecule has 2 fully saturated rings. The number of halogens is 4. The summed E-state index contributed by atoms with van der Waals surface area (Å²) >= 11 is 14.1. The van der Waals surface area contributed by atoms with Crippen LogP contribution >= 0.6 is 35.0 Å². The molecule has 0 unspecified atom stereocenters. The molecule has 1 aliphatic carbocycles. The van der Waals surface area contributed by atoms with E-state index < -0.39 is 30.0 Å². The molecule has 2 N–H and O–H groups in total. The van der Waals surface area contributed by atoms with Crippen molar-refractivity contribution in [1.29, 1.82) is 0 Å². The summed E-state index contributed by atoms with van der Waals surface area (Å²) in [6, 6.07) is 7.66. The molecule has 3 aromatic rings. The molecule has 228 valence electrons. The van der Waals surface area contributed by atoms with Crippen LogP contribution in [-0.2, 0) is 22.5 Å². The van der Waals surface area contributed by atoms with Crippen LogP contribution in [0.5, 0.6) is 11.5 Å². The van der Waals surface area contributed by atoms with Crippen molar-refractivity contribution in [1.82, 2.24) is 14.9 Å². The number of pyridine rings is 2. The van der Waals surface area contributed by atoms with Gasteiger partial charge in [-0.05, 0) is 59.7 Å². The third-order valence-corrected chi connectivity index (χ3v) is 8.79. The van der Waals surface area contributed by atoms with Gasteiger partial charge in [0.2, 0.25) is 0 Å². The summed E-state index contributed by atoms with van der Waals surface area (Å²) in [6.07, 6.45) is 5.37. The van der Waals surface area contributed by atoms with Gasteiger partial charge in [-0.2, -0.15) is 8.78 Å². The molecule has 1 saturated carbocycles. The number of esters is 1. The monoisotopic (exact) mass is 652 g/mol. The van der Waals surface area contributed by atoms with Crippen molar-refractivity contribution in [2.75, 3.05) is 18.9 Å². The number of ether oxygens (including phenoxy) is 3. The predicted molar refractivity (Wildman–Crippen MR) is 157 cm³/mol. The van der Waals surface area contributed by atoms with Gasteiger partial charge in [0.25, 0.3) is 5.91 Å². The SMILES string of the molecule is NCc1ccnc(C(=O)N2CCS[C@H]2C(=O)O[C@@H](Cc2c(Cl)cncc2Cl)c2ccc(OC(F)F)c(OCC3CC3)c2)c1. The molecule has 1 amide bonds. The zero-order chi connectivity index (χ0) is 30.5. The summed E-state index contributed by atoms with van der Waals surface area (Å²) < 4.78 is 42.8. The van der Waals surface area contributed by atoms with Gasteiger partial charge >= 0.3 is 12.6 Å². The molecule has 2 atom stereocenters. The number of alkyl halides is 2. The van der Waals surface area contributed by atoms with Gasteiger partial charge in [0.15, 0.2) is 16.9 Å². The molecule has 1 saturated heterocycles. The fourth-order valence-corrected chi connectivity index (χ4v) is 6.12. The molecule has 3 heterocycles. The van der Waals surface area contributed by atoms with E-state index in [1.807, 2.05) is 0 Å². The minimum Gasteiger partial charge on any atom is -0.489 e. The van der Waals surface area contributed by atoms with E-state index in [1.165, 1.54) is 53.5 Å². The third kappa shape index (κ3) is 7.86. The minimum absolute atomic E-state index is 0.0362. The van der Waals surface area contributed by atoms with E-state index in [2.05, 4.69) is 14.7 Å². The molecule has 2 aromatic heterocycles. The maximum absolute atomic E-state index is 13.7. The molecule has 1 aromatic carbocycles. The van der Waals surface area contributed by atoms with E-state index in [0.29, 0.717) is 35.9 Å². The van der Waals surface area contributed by atoms with Gasteiger partial charge in [-0.3, -0.25) is 14.8 Å². The number of amides is 1. The van der Waals surface area contributed by atoms with Gasteiger partial charge in [0.05, 0.1) is 16.7 Å². The molecule has 0 bridgehead atoms. The maximum atomic E-state index is 13.7. The zero-order valence-corrected chi connectivity index (χ0v) is 25.1. The first-order chi connectivity index (χ1) is 20.7. The molecule has 43 heavy (non-hydrogen) atoms. The van der Waals surface area contributed by atoms with Gasteiger partial charge < -0.3 is 24.8 Å². The van der Waals surface area contributed by atoms with Crippen LogP contribution in [0.2, 0.25) is 10.0 Å². The van der Waals surface area contributed by atoms with Crippen molar-refractivity contribution >= 4 is 46.8 Å². The lowest BCUT2D eigenvalue weighted by atomic mass is 10.0. The Labute approximate surface area is 261 Å². The van der Waals surface area contributed by atoms with E-state index >= 15 is 0 Å². The van der Waals surface area contributed by atoms with Crippen molar-refractivity contribution in [2.45, 2.75) is 43.9 Å². The van der Waals surface area contributed by atoms with Crippen LogP contribution in [0, 0.1) is 5.92 Å². The van der Waals surface area contributed by atoms with Crippen molar-refractivity contribution in [2.24, 2.45) is 11.7 Å². The van der Waals surface area contributed by atoms with E-state index in [-0.39, 0.29) is 40.2 Å². The molecule has 2 aliphatic rings. The first kappa shape index (κ1) is 31.2.